The zero-order chi connectivity index (χ0) is 18.4. The van der Waals surface area contributed by atoms with Gasteiger partial charge in [-0.15, -0.1) is 0 Å². The number of nitrogens with zero attached hydrogens (tertiary/aromatic N) is 4. The molecule has 2 aromatic heterocycles. The second-order valence-corrected chi connectivity index (χ2v) is 5.47. The van der Waals surface area contributed by atoms with Crippen molar-refractivity contribution < 1.29 is 4.92 Å². The van der Waals surface area contributed by atoms with Crippen molar-refractivity contribution in [1.29, 1.82) is 0 Å². The number of benzene rings is 1. The van der Waals surface area contributed by atoms with Crippen molar-refractivity contribution >= 4 is 17.5 Å². The molecule has 0 fully saturated rings. The van der Waals surface area contributed by atoms with Crippen molar-refractivity contribution in [3.63, 3.8) is 0 Å². The van der Waals surface area contributed by atoms with E-state index in [2.05, 4.69) is 25.6 Å². The van der Waals surface area contributed by atoms with E-state index in [0.29, 0.717) is 29.6 Å². The average molecular weight is 350 g/mol. The quantitative estimate of drug-likeness (QED) is 0.496. The molecule has 3 rings (SSSR count). The molecule has 2 N–H and O–H groups in total. The van der Waals surface area contributed by atoms with Crippen molar-refractivity contribution in [1.82, 2.24) is 15.0 Å². The maximum atomic E-state index is 11.1. The Morgan fingerprint density at radius 3 is 2.69 bits per heavy atom. The van der Waals surface area contributed by atoms with Gasteiger partial charge < -0.3 is 10.6 Å². The van der Waals surface area contributed by atoms with Crippen LogP contribution in [0.2, 0.25) is 0 Å². The molecule has 0 saturated heterocycles. The second-order valence-electron chi connectivity index (χ2n) is 5.47. The number of nitro groups is 1. The van der Waals surface area contributed by atoms with Crippen molar-refractivity contribution in [2.24, 2.45) is 0 Å². The maximum absolute atomic E-state index is 11.1. The lowest BCUT2D eigenvalue weighted by Gasteiger charge is -2.11. The molecule has 26 heavy (non-hydrogen) atoms. The van der Waals surface area contributed by atoms with E-state index in [1.807, 2.05) is 19.1 Å². The summed E-state index contributed by atoms with van der Waals surface area (Å²) in [4.78, 5) is 23.8. The number of rotatable bonds is 7. The van der Waals surface area contributed by atoms with Gasteiger partial charge in [-0.2, -0.15) is 4.98 Å². The zero-order valence-electron chi connectivity index (χ0n) is 14.2. The van der Waals surface area contributed by atoms with Crippen molar-refractivity contribution in [3.05, 3.63) is 70.5 Å². The number of hydrogen-bond donors (Lipinski definition) is 2. The summed E-state index contributed by atoms with van der Waals surface area (Å²) in [6.07, 6.45) is 3.42. The van der Waals surface area contributed by atoms with E-state index >= 15 is 0 Å². The topological polar surface area (TPSA) is 106 Å². The number of pyridine rings is 1. The van der Waals surface area contributed by atoms with Crippen LogP contribution in [0.1, 0.15) is 12.5 Å². The maximum Gasteiger partial charge on any atom is 0.274 e. The molecule has 8 heteroatoms. The Morgan fingerprint density at radius 2 is 1.96 bits per heavy atom. The third kappa shape index (κ3) is 4.10. The molecule has 0 aliphatic carbocycles. The predicted molar refractivity (Wildman–Crippen MR) is 99.8 cm³/mol. The van der Waals surface area contributed by atoms with E-state index in [9.17, 15) is 10.1 Å². The van der Waals surface area contributed by atoms with E-state index in [1.54, 1.807) is 36.7 Å². The third-order valence-corrected chi connectivity index (χ3v) is 3.67. The standard InChI is InChI=1S/C18H18N6O2/c1-2-20-18-22-15(13-7-5-9-19-11-13)10-17(23-18)21-12-14-6-3-4-8-16(14)24(25)26/h3-11H,2,12H2,1H3,(H2,20,21,22,23). The van der Waals surface area contributed by atoms with E-state index in [0.717, 1.165) is 5.56 Å². The SMILES string of the molecule is CCNc1nc(NCc2ccccc2[N+](=O)[O-])cc(-c2cccnc2)n1. The first-order valence-electron chi connectivity index (χ1n) is 8.17. The second kappa shape index (κ2) is 8.02. The molecule has 0 saturated carbocycles. The van der Waals surface area contributed by atoms with E-state index in [4.69, 9.17) is 0 Å². The molecular formula is C18H18N6O2. The van der Waals surface area contributed by atoms with Gasteiger partial charge in [-0.1, -0.05) is 18.2 Å². The number of hydrogen-bond acceptors (Lipinski definition) is 7. The first kappa shape index (κ1) is 17.3. The summed E-state index contributed by atoms with van der Waals surface area (Å²) in [6.45, 7) is 2.92. The lowest BCUT2D eigenvalue weighted by Crippen LogP contribution is -2.08. The van der Waals surface area contributed by atoms with Crippen LogP contribution in [0.5, 0.6) is 0 Å². The smallest absolute Gasteiger partial charge is 0.274 e. The molecule has 0 amide bonds. The molecular weight excluding hydrogens is 332 g/mol. The highest BCUT2D eigenvalue weighted by Gasteiger charge is 2.13. The third-order valence-electron chi connectivity index (χ3n) is 3.67. The molecule has 3 aromatic rings. The first-order chi connectivity index (χ1) is 12.7. The van der Waals surface area contributed by atoms with Gasteiger partial charge in [0, 0.05) is 48.7 Å². The summed E-state index contributed by atoms with van der Waals surface area (Å²) < 4.78 is 0. The molecule has 0 aliphatic rings. The summed E-state index contributed by atoms with van der Waals surface area (Å²) in [5.41, 5.74) is 2.24. The fourth-order valence-electron chi connectivity index (χ4n) is 2.46. The van der Waals surface area contributed by atoms with Gasteiger partial charge in [-0.05, 0) is 19.1 Å². The van der Waals surface area contributed by atoms with Gasteiger partial charge in [-0.3, -0.25) is 15.1 Å². The highest BCUT2D eigenvalue weighted by atomic mass is 16.6. The molecule has 0 unspecified atom stereocenters. The lowest BCUT2D eigenvalue weighted by atomic mass is 10.1. The number of aromatic nitrogens is 3. The molecule has 0 bridgehead atoms. The van der Waals surface area contributed by atoms with Gasteiger partial charge >= 0.3 is 0 Å². The van der Waals surface area contributed by atoms with Crippen LogP contribution in [0.3, 0.4) is 0 Å². The minimum atomic E-state index is -0.387. The Bertz CT molecular complexity index is 901. The highest BCUT2D eigenvalue weighted by molar-refractivity contribution is 5.63. The van der Waals surface area contributed by atoms with Crippen LogP contribution in [0.25, 0.3) is 11.3 Å². The van der Waals surface area contributed by atoms with Gasteiger partial charge in [0.25, 0.3) is 5.69 Å². The van der Waals surface area contributed by atoms with Gasteiger partial charge in [0.15, 0.2) is 0 Å². The zero-order valence-corrected chi connectivity index (χ0v) is 14.2. The van der Waals surface area contributed by atoms with Crippen LogP contribution in [0.4, 0.5) is 17.5 Å². The predicted octanol–water partition coefficient (Wildman–Crippen LogP) is 3.49. The van der Waals surface area contributed by atoms with Crippen molar-refractivity contribution in [2.75, 3.05) is 17.2 Å². The van der Waals surface area contributed by atoms with E-state index < -0.39 is 0 Å². The Morgan fingerprint density at radius 1 is 1.12 bits per heavy atom. The molecule has 2 heterocycles. The average Bonchev–Trinajstić information content (AvgIpc) is 2.67. The Kier molecular flexibility index (Phi) is 5.33. The number of nitro benzene ring substituents is 1. The summed E-state index contributed by atoms with van der Waals surface area (Å²) in [7, 11) is 0. The van der Waals surface area contributed by atoms with Crippen molar-refractivity contribution in [3.8, 4) is 11.3 Å². The van der Waals surface area contributed by atoms with E-state index in [1.165, 1.54) is 6.07 Å². The minimum absolute atomic E-state index is 0.0773. The summed E-state index contributed by atoms with van der Waals surface area (Å²) in [5.74, 6) is 1.06. The Hall–Kier alpha value is -3.55. The van der Waals surface area contributed by atoms with Crippen LogP contribution in [0, 0.1) is 10.1 Å². The molecule has 0 radical (unpaired) electrons. The summed E-state index contributed by atoms with van der Waals surface area (Å²) in [6, 6.07) is 12.2. The number of anilines is 2. The van der Waals surface area contributed by atoms with Gasteiger partial charge in [0.05, 0.1) is 10.6 Å². The largest absolute Gasteiger partial charge is 0.366 e. The summed E-state index contributed by atoms with van der Waals surface area (Å²) in [5, 5.41) is 17.4. The number of nitrogens with one attached hydrogen (secondary N) is 2. The van der Waals surface area contributed by atoms with Crippen molar-refractivity contribution in [2.45, 2.75) is 13.5 Å². The van der Waals surface area contributed by atoms with E-state index in [-0.39, 0.29) is 17.2 Å². The van der Waals surface area contributed by atoms with Crippen LogP contribution in [-0.4, -0.2) is 26.4 Å². The molecule has 1 aromatic carbocycles. The monoisotopic (exact) mass is 350 g/mol. The lowest BCUT2D eigenvalue weighted by molar-refractivity contribution is -0.385. The fraction of sp³-hybridized carbons (Fsp3) is 0.167. The van der Waals surface area contributed by atoms with Crippen LogP contribution in [0.15, 0.2) is 54.9 Å². The van der Waals surface area contributed by atoms with Crippen LogP contribution >= 0.6 is 0 Å². The van der Waals surface area contributed by atoms with Gasteiger partial charge in [0.1, 0.15) is 5.82 Å². The van der Waals surface area contributed by atoms with Gasteiger partial charge in [-0.25, -0.2) is 4.98 Å². The Balaban J connectivity index is 1.88. The van der Waals surface area contributed by atoms with Crippen LogP contribution in [-0.2, 0) is 6.54 Å². The van der Waals surface area contributed by atoms with Crippen LogP contribution < -0.4 is 10.6 Å². The molecule has 0 atom stereocenters. The summed E-state index contributed by atoms with van der Waals surface area (Å²) >= 11 is 0. The van der Waals surface area contributed by atoms with Gasteiger partial charge in [0.2, 0.25) is 5.95 Å². The molecule has 132 valence electrons. The minimum Gasteiger partial charge on any atom is -0.366 e. The first-order valence-corrected chi connectivity index (χ1v) is 8.17. The fourth-order valence-corrected chi connectivity index (χ4v) is 2.46. The molecule has 0 aliphatic heterocycles. The normalized spacial score (nSPS) is 10.3. The molecule has 8 nitrogen and oxygen atoms in total. The highest BCUT2D eigenvalue weighted by Crippen LogP contribution is 2.23. The Labute approximate surface area is 150 Å². The molecule has 0 spiro atoms. The number of para-hydroxylation sites is 1.